The largest absolute Gasteiger partial charge is 0.452 e. The van der Waals surface area contributed by atoms with E-state index in [9.17, 15) is 0 Å². The summed E-state index contributed by atoms with van der Waals surface area (Å²) in [5, 5.41) is 7.64. The molecule has 0 saturated heterocycles. The Labute approximate surface area is 103 Å². The first-order valence-corrected chi connectivity index (χ1v) is 5.87. The van der Waals surface area contributed by atoms with Gasteiger partial charge in [-0.2, -0.15) is 5.10 Å². The smallest absolute Gasteiger partial charge is 0.169 e. The number of anilines is 1. The number of aromatic nitrogens is 2. The van der Waals surface area contributed by atoms with Crippen LogP contribution in [0.5, 0.6) is 0 Å². The predicted octanol–water partition coefficient (Wildman–Crippen LogP) is 3.26. The van der Waals surface area contributed by atoms with Crippen molar-refractivity contribution in [2.24, 2.45) is 7.05 Å². The van der Waals surface area contributed by atoms with E-state index in [1.165, 1.54) is 0 Å². The lowest BCUT2D eigenvalue weighted by molar-refractivity contribution is 0.471. The Balaban J connectivity index is 2.13. The van der Waals surface area contributed by atoms with Crippen LogP contribution in [0.25, 0.3) is 0 Å². The highest BCUT2D eigenvalue weighted by Gasteiger charge is 2.12. The zero-order valence-electron chi connectivity index (χ0n) is 9.49. The molecule has 16 heavy (non-hydrogen) atoms. The van der Waals surface area contributed by atoms with Crippen LogP contribution in [0.1, 0.15) is 24.4 Å². The number of nitrogens with one attached hydrogen (secondary N) is 1. The van der Waals surface area contributed by atoms with Crippen molar-refractivity contribution < 1.29 is 4.42 Å². The summed E-state index contributed by atoms with van der Waals surface area (Å²) >= 11 is 3.29. The average Bonchev–Trinajstić information content (AvgIpc) is 2.74. The fourth-order valence-corrected chi connectivity index (χ4v) is 1.93. The normalized spacial score (nSPS) is 12.8. The molecular weight excluding hydrogens is 270 g/mol. The van der Waals surface area contributed by atoms with Gasteiger partial charge in [0.05, 0.1) is 17.4 Å². The quantitative estimate of drug-likeness (QED) is 0.940. The summed E-state index contributed by atoms with van der Waals surface area (Å²) in [6.45, 7) is 4.03. The molecule has 0 amide bonds. The molecule has 2 heterocycles. The number of furan rings is 1. The molecule has 5 heteroatoms. The number of halogens is 1. The fourth-order valence-electron chi connectivity index (χ4n) is 1.61. The zero-order chi connectivity index (χ0) is 11.7. The van der Waals surface area contributed by atoms with E-state index in [4.69, 9.17) is 4.42 Å². The summed E-state index contributed by atoms with van der Waals surface area (Å²) in [7, 11) is 1.91. The second kappa shape index (κ2) is 4.33. The van der Waals surface area contributed by atoms with Crippen LogP contribution in [-0.2, 0) is 7.05 Å². The Bertz CT molecular complexity index is 489. The molecule has 4 nitrogen and oxygen atoms in total. The molecule has 2 aromatic rings. The first-order valence-electron chi connectivity index (χ1n) is 5.08. The Hall–Kier alpha value is -1.23. The van der Waals surface area contributed by atoms with Crippen molar-refractivity contribution in [1.82, 2.24) is 9.78 Å². The molecule has 0 spiro atoms. The third-order valence-corrected chi connectivity index (χ3v) is 2.83. The maximum atomic E-state index is 5.49. The molecule has 0 fully saturated rings. The standard InChI is InChI=1S/C11H14BrN3O/c1-7-9(6-15(3)14-7)13-8(2)10-4-5-11(12)16-10/h4-6,8,13H,1-3H3. The van der Waals surface area contributed by atoms with Gasteiger partial charge in [0, 0.05) is 13.2 Å². The molecular formula is C11H14BrN3O. The zero-order valence-corrected chi connectivity index (χ0v) is 11.1. The predicted molar refractivity (Wildman–Crippen MR) is 66.4 cm³/mol. The van der Waals surface area contributed by atoms with Gasteiger partial charge in [-0.15, -0.1) is 0 Å². The van der Waals surface area contributed by atoms with Gasteiger partial charge < -0.3 is 9.73 Å². The van der Waals surface area contributed by atoms with E-state index in [0.717, 1.165) is 21.8 Å². The molecule has 86 valence electrons. The van der Waals surface area contributed by atoms with Gasteiger partial charge in [0.15, 0.2) is 4.67 Å². The number of hydrogen-bond acceptors (Lipinski definition) is 3. The van der Waals surface area contributed by atoms with Crippen LogP contribution in [0.3, 0.4) is 0 Å². The maximum absolute atomic E-state index is 5.49. The lowest BCUT2D eigenvalue weighted by Gasteiger charge is -2.11. The van der Waals surface area contributed by atoms with Gasteiger partial charge in [-0.25, -0.2) is 0 Å². The van der Waals surface area contributed by atoms with Crippen molar-refractivity contribution in [1.29, 1.82) is 0 Å². The van der Waals surface area contributed by atoms with Gasteiger partial charge in [-0.05, 0) is 41.9 Å². The minimum Gasteiger partial charge on any atom is -0.452 e. The van der Waals surface area contributed by atoms with Crippen molar-refractivity contribution in [2.45, 2.75) is 19.9 Å². The minimum absolute atomic E-state index is 0.120. The summed E-state index contributed by atoms with van der Waals surface area (Å²) < 4.78 is 8.03. The van der Waals surface area contributed by atoms with Crippen molar-refractivity contribution in [3.8, 4) is 0 Å². The van der Waals surface area contributed by atoms with E-state index >= 15 is 0 Å². The minimum atomic E-state index is 0.120. The first-order chi connectivity index (χ1) is 7.56. The van der Waals surface area contributed by atoms with E-state index < -0.39 is 0 Å². The molecule has 2 rings (SSSR count). The number of aryl methyl sites for hydroxylation is 2. The van der Waals surface area contributed by atoms with Crippen LogP contribution in [-0.4, -0.2) is 9.78 Å². The highest BCUT2D eigenvalue weighted by atomic mass is 79.9. The molecule has 1 atom stereocenters. The molecule has 0 aliphatic rings. The second-order valence-electron chi connectivity index (χ2n) is 3.81. The maximum Gasteiger partial charge on any atom is 0.169 e. The molecule has 0 bridgehead atoms. The van der Waals surface area contributed by atoms with Gasteiger partial charge in [0.2, 0.25) is 0 Å². The summed E-state index contributed by atoms with van der Waals surface area (Å²) in [6.07, 6.45) is 1.96. The highest BCUT2D eigenvalue weighted by Crippen LogP contribution is 2.24. The number of rotatable bonds is 3. The number of hydrogen-bond donors (Lipinski definition) is 1. The van der Waals surface area contributed by atoms with Crippen LogP contribution < -0.4 is 5.32 Å². The molecule has 1 N–H and O–H groups in total. The third kappa shape index (κ3) is 2.29. The molecule has 0 radical (unpaired) electrons. The summed E-state index contributed by atoms with van der Waals surface area (Å²) in [4.78, 5) is 0. The monoisotopic (exact) mass is 283 g/mol. The van der Waals surface area contributed by atoms with Crippen LogP contribution >= 0.6 is 15.9 Å². The molecule has 1 unspecified atom stereocenters. The molecule has 0 aliphatic heterocycles. The van der Waals surface area contributed by atoms with Crippen LogP contribution in [0.2, 0.25) is 0 Å². The van der Waals surface area contributed by atoms with E-state index in [2.05, 4.69) is 33.3 Å². The van der Waals surface area contributed by atoms with Crippen molar-refractivity contribution in [2.75, 3.05) is 5.32 Å². The molecule has 0 aliphatic carbocycles. The highest BCUT2D eigenvalue weighted by molar-refractivity contribution is 9.10. The summed E-state index contributed by atoms with van der Waals surface area (Å²) in [6, 6.07) is 3.96. The SMILES string of the molecule is Cc1nn(C)cc1NC(C)c1ccc(Br)o1. The van der Waals surface area contributed by atoms with Gasteiger partial charge in [0.1, 0.15) is 5.76 Å². The van der Waals surface area contributed by atoms with Crippen molar-refractivity contribution >= 4 is 21.6 Å². The van der Waals surface area contributed by atoms with Crippen LogP contribution in [0.4, 0.5) is 5.69 Å². The third-order valence-electron chi connectivity index (χ3n) is 2.41. The Morgan fingerprint density at radius 3 is 2.75 bits per heavy atom. The molecule has 2 aromatic heterocycles. The molecule has 0 saturated carbocycles. The van der Waals surface area contributed by atoms with Crippen molar-refractivity contribution in [3.63, 3.8) is 0 Å². The van der Waals surface area contributed by atoms with Crippen molar-refractivity contribution in [3.05, 3.63) is 34.5 Å². The fraction of sp³-hybridized carbons (Fsp3) is 0.364. The Morgan fingerprint density at radius 2 is 2.25 bits per heavy atom. The van der Waals surface area contributed by atoms with E-state index in [0.29, 0.717) is 0 Å². The summed E-state index contributed by atoms with van der Waals surface area (Å²) in [5.74, 6) is 0.898. The van der Waals surface area contributed by atoms with Gasteiger partial charge in [-0.3, -0.25) is 4.68 Å². The van der Waals surface area contributed by atoms with Crippen LogP contribution in [0.15, 0.2) is 27.4 Å². The van der Waals surface area contributed by atoms with Crippen LogP contribution in [0, 0.1) is 6.92 Å². The summed E-state index contributed by atoms with van der Waals surface area (Å²) in [5.41, 5.74) is 2.02. The lowest BCUT2D eigenvalue weighted by atomic mass is 10.2. The Morgan fingerprint density at radius 1 is 1.50 bits per heavy atom. The average molecular weight is 284 g/mol. The second-order valence-corrected chi connectivity index (χ2v) is 4.59. The topological polar surface area (TPSA) is 43.0 Å². The first kappa shape index (κ1) is 11.3. The van der Waals surface area contributed by atoms with Gasteiger partial charge in [0.25, 0.3) is 0 Å². The van der Waals surface area contributed by atoms with E-state index in [-0.39, 0.29) is 6.04 Å². The van der Waals surface area contributed by atoms with Gasteiger partial charge in [-0.1, -0.05) is 0 Å². The number of nitrogens with zero attached hydrogens (tertiary/aromatic N) is 2. The van der Waals surface area contributed by atoms with Gasteiger partial charge >= 0.3 is 0 Å². The molecule has 0 aromatic carbocycles. The lowest BCUT2D eigenvalue weighted by Crippen LogP contribution is -2.05. The van der Waals surface area contributed by atoms with E-state index in [1.807, 2.05) is 32.3 Å². The van der Waals surface area contributed by atoms with E-state index in [1.54, 1.807) is 4.68 Å². The Kier molecular flexibility index (Phi) is 3.05.